The summed E-state index contributed by atoms with van der Waals surface area (Å²) in [5.74, 6) is 0.754. The summed E-state index contributed by atoms with van der Waals surface area (Å²) in [4.78, 5) is 0. The van der Waals surface area contributed by atoms with Crippen molar-refractivity contribution in [3.63, 3.8) is 0 Å². The van der Waals surface area contributed by atoms with Crippen molar-refractivity contribution >= 4 is 10.0 Å². The lowest BCUT2D eigenvalue weighted by atomic mass is 10.2. The van der Waals surface area contributed by atoms with Gasteiger partial charge in [-0.1, -0.05) is 12.8 Å². The highest BCUT2D eigenvalue weighted by Gasteiger charge is 2.25. The number of aliphatic hydroxyl groups excluding tert-OH is 1. The third-order valence-electron chi connectivity index (χ3n) is 2.34. The smallest absolute Gasteiger partial charge is 0.211 e. The third kappa shape index (κ3) is 4.93. The molecular weight excluding hydrogens is 202 g/mol. The summed E-state index contributed by atoms with van der Waals surface area (Å²) in [7, 11) is -3.17. The standard InChI is InChI=1S/C9H19NO3S/c1-8(7-9-3-4-9)10-14(12,13)6-2-5-11/h8-11H,2-7H2,1H3. The molecule has 0 spiro atoms. The van der Waals surface area contributed by atoms with Crippen LogP contribution in [0.1, 0.15) is 32.6 Å². The molecular formula is C9H19NO3S. The lowest BCUT2D eigenvalue weighted by molar-refractivity contribution is 0.295. The predicted molar refractivity (Wildman–Crippen MR) is 55.4 cm³/mol. The van der Waals surface area contributed by atoms with Gasteiger partial charge in [-0.3, -0.25) is 0 Å². The van der Waals surface area contributed by atoms with Crippen molar-refractivity contribution in [3.8, 4) is 0 Å². The molecule has 5 heteroatoms. The molecule has 0 aromatic carbocycles. The van der Waals surface area contributed by atoms with Crippen molar-refractivity contribution < 1.29 is 13.5 Å². The van der Waals surface area contributed by atoms with Gasteiger partial charge in [0.1, 0.15) is 0 Å². The van der Waals surface area contributed by atoms with Crippen LogP contribution in [0.5, 0.6) is 0 Å². The number of aliphatic hydroxyl groups is 1. The van der Waals surface area contributed by atoms with E-state index >= 15 is 0 Å². The Bertz CT molecular complexity index is 259. The van der Waals surface area contributed by atoms with E-state index in [-0.39, 0.29) is 18.4 Å². The maximum absolute atomic E-state index is 11.4. The van der Waals surface area contributed by atoms with E-state index in [9.17, 15) is 8.42 Å². The quantitative estimate of drug-likeness (QED) is 0.657. The fourth-order valence-corrected chi connectivity index (χ4v) is 2.86. The highest BCUT2D eigenvalue weighted by atomic mass is 32.2. The molecule has 0 bridgehead atoms. The molecule has 4 nitrogen and oxygen atoms in total. The number of hydrogen-bond acceptors (Lipinski definition) is 3. The Hall–Kier alpha value is -0.130. The molecule has 84 valence electrons. The zero-order valence-electron chi connectivity index (χ0n) is 8.57. The molecule has 1 unspecified atom stereocenters. The van der Waals surface area contributed by atoms with Crippen LogP contribution in [0.4, 0.5) is 0 Å². The van der Waals surface area contributed by atoms with E-state index in [0.717, 1.165) is 12.3 Å². The van der Waals surface area contributed by atoms with E-state index in [2.05, 4.69) is 4.72 Å². The second-order valence-corrected chi connectivity index (χ2v) is 5.97. The third-order valence-corrected chi connectivity index (χ3v) is 3.92. The van der Waals surface area contributed by atoms with E-state index in [1.807, 2.05) is 6.92 Å². The molecule has 1 saturated carbocycles. The first-order valence-electron chi connectivity index (χ1n) is 5.14. The van der Waals surface area contributed by atoms with Crippen molar-refractivity contribution in [1.29, 1.82) is 0 Å². The largest absolute Gasteiger partial charge is 0.396 e. The van der Waals surface area contributed by atoms with Gasteiger partial charge in [0.25, 0.3) is 0 Å². The summed E-state index contributed by atoms with van der Waals surface area (Å²) in [5.41, 5.74) is 0. The summed E-state index contributed by atoms with van der Waals surface area (Å²) in [5, 5.41) is 8.53. The highest BCUT2D eigenvalue weighted by Crippen LogP contribution is 2.33. The van der Waals surface area contributed by atoms with Crippen LogP contribution < -0.4 is 4.72 Å². The Morgan fingerprint density at radius 2 is 2.14 bits per heavy atom. The first kappa shape index (κ1) is 11.9. The van der Waals surface area contributed by atoms with Crippen LogP contribution >= 0.6 is 0 Å². The molecule has 1 fully saturated rings. The summed E-state index contributed by atoms with van der Waals surface area (Å²) >= 11 is 0. The Kier molecular flexibility index (Phi) is 4.34. The van der Waals surface area contributed by atoms with Crippen LogP contribution in [0.2, 0.25) is 0 Å². The molecule has 1 rings (SSSR count). The van der Waals surface area contributed by atoms with Crippen LogP contribution in [-0.2, 0) is 10.0 Å². The summed E-state index contributed by atoms with van der Waals surface area (Å²) in [6.45, 7) is 1.83. The molecule has 0 aliphatic heterocycles. The van der Waals surface area contributed by atoms with Crippen LogP contribution in [0.3, 0.4) is 0 Å². The van der Waals surface area contributed by atoms with Gasteiger partial charge in [0.2, 0.25) is 10.0 Å². The molecule has 0 aromatic rings. The van der Waals surface area contributed by atoms with Gasteiger partial charge in [0.15, 0.2) is 0 Å². The Morgan fingerprint density at radius 3 is 2.64 bits per heavy atom. The maximum atomic E-state index is 11.4. The van der Waals surface area contributed by atoms with Crippen LogP contribution in [0.25, 0.3) is 0 Å². The molecule has 0 aromatic heterocycles. The van der Waals surface area contributed by atoms with E-state index in [0.29, 0.717) is 6.42 Å². The van der Waals surface area contributed by atoms with Crippen LogP contribution in [0, 0.1) is 5.92 Å². The molecule has 1 aliphatic carbocycles. The summed E-state index contributed by atoms with van der Waals surface area (Å²) in [6, 6.07) is 0.0335. The van der Waals surface area contributed by atoms with E-state index in [4.69, 9.17) is 5.11 Å². The Labute approximate surface area is 85.8 Å². The van der Waals surface area contributed by atoms with Gasteiger partial charge in [-0.25, -0.2) is 13.1 Å². The van der Waals surface area contributed by atoms with Crippen molar-refractivity contribution in [2.24, 2.45) is 5.92 Å². The van der Waals surface area contributed by atoms with Crippen molar-refractivity contribution in [1.82, 2.24) is 4.72 Å². The second-order valence-electron chi connectivity index (χ2n) is 4.09. The molecule has 1 atom stereocenters. The van der Waals surface area contributed by atoms with Gasteiger partial charge >= 0.3 is 0 Å². The zero-order chi connectivity index (χ0) is 10.6. The molecule has 0 amide bonds. The highest BCUT2D eigenvalue weighted by molar-refractivity contribution is 7.89. The van der Waals surface area contributed by atoms with E-state index < -0.39 is 10.0 Å². The minimum atomic E-state index is -3.17. The SMILES string of the molecule is CC(CC1CC1)NS(=O)(=O)CCCO. The maximum Gasteiger partial charge on any atom is 0.211 e. The van der Waals surface area contributed by atoms with Crippen molar-refractivity contribution in [2.75, 3.05) is 12.4 Å². The minimum Gasteiger partial charge on any atom is -0.396 e. The van der Waals surface area contributed by atoms with Gasteiger partial charge in [-0.05, 0) is 25.7 Å². The molecule has 14 heavy (non-hydrogen) atoms. The fraction of sp³-hybridized carbons (Fsp3) is 1.00. The van der Waals surface area contributed by atoms with Gasteiger partial charge in [-0.15, -0.1) is 0 Å². The summed E-state index contributed by atoms with van der Waals surface area (Å²) < 4.78 is 25.4. The number of sulfonamides is 1. The number of rotatable bonds is 7. The molecule has 1 aliphatic rings. The Morgan fingerprint density at radius 1 is 1.50 bits per heavy atom. The molecule has 0 saturated heterocycles. The monoisotopic (exact) mass is 221 g/mol. The number of nitrogens with one attached hydrogen (secondary N) is 1. The average Bonchev–Trinajstić information content (AvgIpc) is 2.83. The normalized spacial score (nSPS) is 19.6. The molecule has 0 heterocycles. The van der Waals surface area contributed by atoms with Crippen molar-refractivity contribution in [3.05, 3.63) is 0 Å². The first-order chi connectivity index (χ1) is 6.53. The van der Waals surface area contributed by atoms with Gasteiger partial charge in [0.05, 0.1) is 5.75 Å². The van der Waals surface area contributed by atoms with Gasteiger partial charge < -0.3 is 5.11 Å². The van der Waals surface area contributed by atoms with Gasteiger partial charge in [0, 0.05) is 12.6 Å². The van der Waals surface area contributed by atoms with Crippen molar-refractivity contribution in [2.45, 2.75) is 38.6 Å². The fourth-order valence-electron chi connectivity index (χ4n) is 1.52. The average molecular weight is 221 g/mol. The topological polar surface area (TPSA) is 66.4 Å². The molecule has 2 N–H and O–H groups in total. The van der Waals surface area contributed by atoms with Crippen LogP contribution in [-0.4, -0.2) is 31.9 Å². The second kappa shape index (κ2) is 5.09. The van der Waals surface area contributed by atoms with E-state index in [1.165, 1.54) is 12.8 Å². The summed E-state index contributed by atoms with van der Waals surface area (Å²) in [6.07, 6.45) is 3.73. The van der Waals surface area contributed by atoms with Crippen LogP contribution in [0.15, 0.2) is 0 Å². The predicted octanol–water partition coefficient (Wildman–Crippen LogP) is 0.477. The number of hydrogen-bond donors (Lipinski definition) is 2. The molecule has 0 radical (unpaired) electrons. The minimum absolute atomic E-state index is 0.0263. The Balaban J connectivity index is 2.25. The van der Waals surface area contributed by atoms with Gasteiger partial charge in [-0.2, -0.15) is 0 Å². The lowest BCUT2D eigenvalue weighted by Crippen LogP contribution is -2.34. The first-order valence-corrected chi connectivity index (χ1v) is 6.79. The zero-order valence-corrected chi connectivity index (χ0v) is 9.39. The lowest BCUT2D eigenvalue weighted by Gasteiger charge is -2.13. The van der Waals surface area contributed by atoms with E-state index in [1.54, 1.807) is 0 Å².